The van der Waals surface area contributed by atoms with Crippen molar-refractivity contribution in [2.75, 3.05) is 24.2 Å². The van der Waals surface area contributed by atoms with Crippen LogP contribution in [0.1, 0.15) is 48.9 Å². The molecule has 0 bridgehead atoms. The molecule has 0 saturated heterocycles. The van der Waals surface area contributed by atoms with Crippen LogP contribution < -0.4 is 14.4 Å². The highest BCUT2D eigenvalue weighted by atomic mass is 32.2. The Morgan fingerprint density at radius 3 is 2.37 bits per heavy atom. The maximum Gasteiger partial charge on any atom is 0.241 e. The van der Waals surface area contributed by atoms with Gasteiger partial charge in [0.25, 0.3) is 0 Å². The number of methoxy groups -OCH3 is 1. The molecule has 2 aromatic carbocycles. The van der Waals surface area contributed by atoms with Crippen molar-refractivity contribution in [3.8, 4) is 5.75 Å². The summed E-state index contributed by atoms with van der Waals surface area (Å²) in [6, 6.07) is 12.9. The van der Waals surface area contributed by atoms with Gasteiger partial charge in [0.05, 0.1) is 25.1 Å². The Morgan fingerprint density at radius 1 is 1.10 bits per heavy atom. The minimum Gasteiger partial charge on any atom is -0.497 e. The van der Waals surface area contributed by atoms with Crippen molar-refractivity contribution in [3.05, 3.63) is 59.2 Å². The van der Waals surface area contributed by atoms with E-state index in [1.54, 1.807) is 31.4 Å². The van der Waals surface area contributed by atoms with Gasteiger partial charge in [0.15, 0.2) is 0 Å². The molecule has 162 valence electrons. The summed E-state index contributed by atoms with van der Waals surface area (Å²) in [5.74, 6) is 0.288. The zero-order chi connectivity index (χ0) is 21.7. The van der Waals surface area contributed by atoms with E-state index in [0.717, 1.165) is 35.4 Å². The number of nitrogens with one attached hydrogen (secondary N) is 1. The number of sulfonamides is 1. The normalized spacial score (nSPS) is 14.5. The van der Waals surface area contributed by atoms with Crippen LogP contribution in [-0.2, 0) is 27.7 Å². The first-order valence-corrected chi connectivity index (χ1v) is 12.2. The Kier molecular flexibility index (Phi) is 7.02. The maximum atomic E-state index is 12.8. The number of anilines is 1. The second-order valence-corrected chi connectivity index (χ2v) is 9.64. The zero-order valence-electron chi connectivity index (χ0n) is 17.8. The lowest BCUT2D eigenvalue weighted by molar-refractivity contribution is -0.120. The van der Waals surface area contributed by atoms with E-state index in [1.807, 2.05) is 6.92 Å². The lowest BCUT2D eigenvalue weighted by Crippen LogP contribution is -2.41. The van der Waals surface area contributed by atoms with Gasteiger partial charge in [-0.1, -0.05) is 25.1 Å². The fourth-order valence-corrected chi connectivity index (χ4v) is 4.77. The molecule has 7 heteroatoms. The summed E-state index contributed by atoms with van der Waals surface area (Å²) in [6.07, 6.45) is 6.45. The van der Waals surface area contributed by atoms with E-state index in [2.05, 4.69) is 23.5 Å². The predicted molar refractivity (Wildman–Crippen MR) is 119 cm³/mol. The van der Waals surface area contributed by atoms with E-state index >= 15 is 0 Å². The molecule has 6 nitrogen and oxygen atoms in total. The molecule has 2 aromatic rings. The number of rotatable bonds is 8. The molecule has 0 heterocycles. The molecule has 1 atom stereocenters. The van der Waals surface area contributed by atoms with Crippen LogP contribution in [0, 0.1) is 0 Å². The summed E-state index contributed by atoms with van der Waals surface area (Å²) < 4.78 is 30.9. The molecule has 1 N–H and O–H groups in total. The van der Waals surface area contributed by atoms with E-state index < -0.39 is 10.0 Å². The van der Waals surface area contributed by atoms with E-state index in [4.69, 9.17) is 4.74 Å². The highest BCUT2D eigenvalue weighted by molar-refractivity contribution is 7.92. The largest absolute Gasteiger partial charge is 0.497 e. The quantitative estimate of drug-likeness (QED) is 0.694. The number of amides is 1. The summed E-state index contributed by atoms with van der Waals surface area (Å²) in [4.78, 5) is 12.8. The zero-order valence-corrected chi connectivity index (χ0v) is 18.7. The van der Waals surface area contributed by atoms with Crippen molar-refractivity contribution in [3.63, 3.8) is 0 Å². The third-order valence-electron chi connectivity index (χ3n) is 5.57. The van der Waals surface area contributed by atoms with Crippen molar-refractivity contribution in [1.82, 2.24) is 5.32 Å². The summed E-state index contributed by atoms with van der Waals surface area (Å²) in [5.41, 5.74) is 4.26. The SMILES string of the molecule is CC[C@@H](NC(=O)CN(c1ccc(OC)cc1)S(C)(=O)=O)c1ccc2c(c1)CCCC2. The number of hydrogen-bond donors (Lipinski definition) is 1. The van der Waals surface area contributed by atoms with E-state index in [-0.39, 0.29) is 18.5 Å². The molecular formula is C23H30N2O4S. The van der Waals surface area contributed by atoms with Crippen LogP contribution in [0.25, 0.3) is 0 Å². The van der Waals surface area contributed by atoms with E-state index in [9.17, 15) is 13.2 Å². The maximum absolute atomic E-state index is 12.8. The summed E-state index contributed by atoms with van der Waals surface area (Å²) >= 11 is 0. The van der Waals surface area contributed by atoms with Gasteiger partial charge in [0, 0.05) is 0 Å². The molecule has 0 fully saturated rings. The second-order valence-electron chi connectivity index (χ2n) is 7.73. The molecule has 0 radical (unpaired) electrons. The van der Waals surface area contributed by atoms with Gasteiger partial charge in [-0.15, -0.1) is 0 Å². The Hall–Kier alpha value is -2.54. The Morgan fingerprint density at radius 2 is 1.77 bits per heavy atom. The molecule has 1 amide bonds. The minimum atomic E-state index is -3.62. The highest BCUT2D eigenvalue weighted by Crippen LogP contribution is 2.26. The number of benzene rings is 2. The van der Waals surface area contributed by atoms with Gasteiger partial charge in [-0.05, 0) is 73.1 Å². The van der Waals surface area contributed by atoms with Gasteiger partial charge in [-0.25, -0.2) is 8.42 Å². The third kappa shape index (κ3) is 5.33. The van der Waals surface area contributed by atoms with Gasteiger partial charge in [0.1, 0.15) is 12.3 Å². The predicted octanol–water partition coefficient (Wildman–Crippen LogP) is 3.61. The second kappa shape index (κ2) is 9.51. The Balaban J connectivity index is 1.75. The average molecular weight is 431 g/mol. The van der Waals surface area contributed by atoms with E-state index in [1.165, 1.54) is 24.0 Å². The van der Waals surface area contributed by atoms with Crippen LogP contribution in [0.15, 0.2) is 42.5 Å². The number of fused-ring (bicyclic) bond motifs is 1. The number of carbonyl (C=O) groups excluding carboxylic acids is 1. The molecular weight excluding hydrogens is 400 g/mol. The first-order valence-electron chi connectivity index (χ1n) is 10.3. The topological polar surface area (TPSA) is 75.7 Å². The van der Waals surface area contributed by atoms with Crippen molar-refractivity contribution in [1.29, 1.82) is 0 Å². The molecule has 1 aliphatic rings. The molecule has 0 aliphatic heterocycles. The van der Waals surface area contributed by atoms with Crippen LogP contribution in [0.3, 0.4) is 0 Å². The first kappa shape index (κ1) is 22.2. The fourth-order valence-electron chi connectivity index (χ4n) is 3.91. The molecule has 0 spiro atoms. The van der Waals surface area contributed by atoms with E-state index in [0.29, 0.717) is 11.4 Å². The van der Waals surface area contributed by atoms with Gasteiger partial charge < -0.3 is 10.1 Å². The number of aryl methyl sites for hydroxylation is 2. The van der Waals surface area contributed by atoms with Gasteiger partial charge >= 0.3 is 0 Å². The van der Waals surface area contributed by atoms with Crippen molar-refractivity contribution in [2.45, 2.75) is 45.1 Å². The van der Waals surface area contributed by atoms with Crippen molar-refractivity contribution in [2.24, 2.45) is 0 Å². The summed E-state index contributed by atoms with van der Waals surface area (Å²) in [5, 5.41) is 3.01. The lowest BCUT2D eigenvalue weighted by atomic mass is 9.89. The van der Waals surface area contributed by atoms with Gasteiger partial charge in [0.2, 0.25) is 15.9 Å². The Labute approximate surface area is 179 Å². The number of nitrogens with zero attached hydrogens (tertiary/aromatic N) is 1. The van der Waals surface area contributed by atoms with Gasteiger partial charge in [-0.2, -0.15) is 0 Å². The summed E-state index contributed by atoms with van der Waals surface area (Å²) in [6.45, 7) is 1.74. The van der Waals surface area contributed by atoms with Crippen molar-refractivity contribution < 1.29 is 17.9 Å². The first-order chi connectivity index (χ1) is 14.3. The number of ether oxygens (including phenoxy) is 1. The van der Waals surface area contributed by atoms with Crippen LogP contribution in [0.4, 0.5) is 5.69 Å². The lowest BCUT2D eigenvalue weighted by Gasteiger charge is -2.25. The van der Waals surface area contributed by atoms with Crippen molar-refractivity contribution >= 4 is 21.6 Å². The monoisotopic (exact) mass is 430 g/mol. The standard InChI is InChI=1S/C23H30N2O4S/c1-4-22(19-10-9-17-7-5-6-8-18(17)15-19)24-23(26)16-25(30(3,27)28)20-11-13-21(29-2)14-12-20/h9-15,22H,4-8,16H2,1-3H3,(H,24,26)/t22-/m1/s1. The third-order valence-corrected chi connectivity index (χ3v) is 6.71. The average Bonchev–Trinajstić information content (AvgIpc) is 2.75. The minimum absolute atomic E-state index is 0.151. The Bertz CT molecular complexity index is 987. The molecule has 0 saturated carbocycles. The number of carbonyl (C=O) groups is 1. The molecule has 1 aliphatic carbocycles. The smallest absolute Gasteiger partial charge is 0.241 e. The van der Waals surface area contributed by atoms with Crippen LogP contribution in [-0.4, -0.2) is 34.2 Å². The van der Waals surface area contributed by atoms with Crippen LogP contribution in [0.5, 0.6) is 5.75 Å². The van der Waals surface area contributed by atoms with Crippen LogP contribution in [0.2, 0.25) is 0 Å². The van der Waals surface area contributed by atoms with Gasteiger partial charge in [-0.3, -0.25) is 9.10 Å². The summed E-state index contributed by atoms with van der Waals surface area (Å²) in [7, 11) is -2.08. The van der Waals surface area contributed by atoms with Crippen LogP contribution >= 0.6 is 0 Å². The molecule has 0 unspecified atom stereocenters. The molecule has 0 aromatic heterocycles. The molecule has 3 rings (SSSR count). The molecule has 30 heavy (non-hydrogen) atoms. The fraction of sp³-hybridized carbons (Fsp3) is 0.435. The number of hydrogen-bond acceptors (Lipinski definition) is 4. The highest BCUT2D eigenvalue weighted by Gasteiger charge is 2.23.